The van der Waals surface area contributed by atoms with Gasteiger partial charge in [0.15, 0.2) is 0 Å². The summed E-state index contributed by atoms with van der Waals surface area (Å²) in [5, 5.41) is 7.51. The van der Waals surface area contributed by atoms with Gasteiger partial charge in [-0.05, 0) is 34.9 Å². The lowest BCUT2D eigenvalue weighted by atomic mass is 10.3. The van der Waals surface area contributed by atoms with E-state index in [1.165, 1.54) is 4.68 Å². The van der Waals surface area contributed by atoms with E-state index in [9.17, 15) is 4.79 Å². The van der Waals surface area contributed by atoms with E-state index in [2.05, 4.69) is 15.3 Å². The molecule has 102 valence electrons. The molecule has 1 aromatic rings. The Balaban J connectivity index is 2.92. The van der Waals surface area contributed by atoms with Crippen molar-refractivity contribution in [1.29, 1.82) is 0 Å². The summed E-state index contributed by atoms with van der Waals surface area (Å²) in [4.78, 5) is 14.0. The number of rotatable bonds is 5. The fourth-order valence-electron chi connectivity index (χ4n) is 1.77. The minimum absolute atomic E-state index is 0.00301. The molecule has 0 saturated carbocycles. The lowest BCUT2D eigenvalue weighted by Crippen LogP contribution is -2.31. The minimum Gasteiger partial charge on any atom is -0.379 e. The number of aromatic nitrogens is 2. The number of hydrogen-bond donors (Lipinski definition) is 1. The highest BCUT2D eigenvalue weighted by Crippen LogP contribution is 2.17. The van der Waals surface area contributed by atoms with E-state index in [-0.39, 0.29) is 22.7 Å². The van der Waals surface area contributed by atoms with Gasteiger partial charge in [0.2, 0.25) is 0 Å². The van der Waals surface area contributed by atoms with Crippen LogP contribution in [0.15, 0.2) is 11.0 Å². The Kier molecular flexibility index (Phi) is 5.16. The first kappa shape index (κ1) is 15.0. The molecule has 18 heavy (non-hydrogen) atoms. The molecule has 0 aliphatic heterocycles. The van der Waals surface area contributed by atoms with E-state index in [1.807, 2.05) is 34.9 Å². The van der Waals surface area contributed by atoms with Crippen LogP contribution < -0.4 is 10.9 Å². The molecule has 0 spiro atoms. The van der Waals surface area contributed by atoms with Crippen molar-refractivity contribution in [2.24, 2.45) is 0 Å². The van der Waals surface area contributed by atoms with Crippen LogP contribution in [0, 0.1) is 0 Å². The second-order valence-corrected chi connectivity index (χ2v) is 5.40. The van der Waals surface area contributed by atoms with E-state index in [4.69, 9.17) is 11.6 Å². The van der Waals surface area contributed by atoms with Gasteiger partial charge in [0.25, 0.3) is 5.56 Å². The summed E-state index contributed by atoms with van der Waals surface area (Å²) >= 11 is 6.07. The van der Waals surface area contributed by atoms with E-state index in [0.29, 0.717) is 5.69 Å². The van der Waals surface area contributed by atoms with Crippen LogP contribution in [0.4, 0.5) is 5.69 Å². The maximum absolute atomic E-state index is 12.0. The van der Waals surface area contributed by atoms with Crippen molar-refractivity contribution < 1.29 is 0 Å². The minimum atomic E-state index is -0.256. The Morgan fingerprint density at radius 3 is 2.56 bits per heavy atom. The maximum Gasteiger partial charge on any atom is 0.287 e. The van der Waals surface area contributed by atoms with Crippen molar-refractivity contribution in [2.75, 3.05) is 26.0 Å². The molecule has 0 fully saturated rings. The van der Waals surface area contributed by atoms with Crippen LogP contribution in [0.3, 0.4) is 0 Å². The zero-order valence-electron chi connectivity index (χ0n) is 11.6. The van der Waals surface area contributed by atoms with Crippen LogP contribution in [-0.2, 0) is 0 Å². The Morgan fingerprint density at radius 2 is 2.06 bits per heavy atom. The Labute approximate surface area is 113 Å². The van der Waals surface area contributed by atoms with E-state index in [1.54, 1.807) is 6.20 Å². The van der Waals surface area contributed by atoms with Gasteiger partial charge < -0.3 is 10.2 Å². The molecule has 0 radical (unpaired) electrons. The molecule has 0 aliphatic rings. The fraction of sp³-hybridized carbons (Fsp3) is 0.667. The molecule has 1 atom stereocenters. The van der Waals surface area contributed by atoms with Gasteiger partial charge in [-0.3, -0.25) is 4.79 Å². The Morgan fingerprint density at radius 1 is 1.44 bits per heavy atom. The van der Waals surface area contributed by atoms with Crippen LogP contribution in [0.25, 0.3) is 0 Å². The van der Waals surface area contributed by atoms with Gasteiger partial charge in [-0.1, -0.05) is 11.6 Å². The highest BCUT2D eigenvalue weighted by atomic mass is 35.5. The third kappa shape index (κ3) is 3.71. The summed E-state index contributed by atoms with van der Waals surface area (Å²) in [5.74, 6) is 0. The maximum atomic E-state index is 12.0. The number of likely N-dealkylation sites (N-methyl/N-ethyl adjacent to an activating group) is 1. The second kappa shape index (κ2) is 6.20. The molecule has 1 rings (SSSR count). The lowest BCUT2D eigenvalue weighted by molar-refractivity contribution is 0.392. The SMILES string of the molecule is CC(CN(C)C)Nc1cnn(C(C)C)c(=O)c1Cl. The van der Waals surface area contributed by atoms with Gasteiger partial charge in [0, 0.05) is 12.6 Å². The van der Waals surface area contributed by atoms with E-state index >= 15 is 0 Å². The Hall–Kier alpha value is -1.07. The van der Waals surface area contributed by atoms with Crippen molar-refractivity contribution in [3.8, 4) is 0 Å². The number of nitrogens with zero attached hydrogens (tertiary/aromatic N) is 3. The second-order valence-electron chi connectivity index (χ2n) is 5.02. The first-order valence-corrected chi connectivity index (χ1v) is 6.39. The summed E-state index contributed by atoms with van der Waals surface area (Å²) in [6.07, 6.45) is 1.61. The topological polar surface area (TPSA) is 50.2 Å². The predicted octanol–water partition coefficient (Wildman–Crippen LogP) is 1.84. The first-order valence-electron chi connectivity index (χ1n) is 6.01. The lowest BCUT2D eigenvalue weighted by Gasteiger charge is -2.20. The number of nitrogens with one attached hydrogen (secondary N) is 1. The summed E-state index contributed by atoms with van der Waals surface area (Å²) in [6, 6.07) is 0.192. The molecule has 1 N–H and O–H groups in total. The van der Waals surface area contributed by atoms with Gasteiger partial charge in [-0.25, -0.2) is 4.68 Å². The molecule has 0 bridgehead atoms. The zero-order chi connectivity index (χ0) is 13.9. The highest BCUT2D eigenvalue weighted by Gasteiger charge is 2.13. The molecule has 0 aromatic carbocycles. The first-order chi connectivity index (χ1) is 8.32. The zero-order valence-corrected chi connectivity index (χ0v) is 12.3. The Bertz CT molecular complexity index is 456. The van der Waals surface area contributed by atoms with Crippen LogP contribution in [0.5, 0.6) is 0 Å². The van der Waals surface area contributed by atoms with Crippen molar-refractivity contribution in [3.63, 3.8) is 0 Å². The van der Waals surface area contributed by atoms with Crippen LogP contribution in [0.2, 0.25) is 5.02 Å². The van der Waals surface area contributed by atoms with Crippen LogP contribution in [0.1, 0.15) is 26.8 Å². The standard InChI is InChI=1S/C12H21ClN4O/c1-8(2)17-12(18)11(13)10(6-14-17)15-9(3)7-16(4)5/h6,8-9,15H,7H2,1-5H3. The van der Waals surface area contributed by atoms with Gasteiger partial charge in [-0.2, -0.15) is 5.10 Å². The molecule has 0 aliphatic carbocycles. The predicted molar refractivity (Wildman–Crippen MR) is 75.5 cm³/mol. The third-order valence-electron chi connectivity index (χ3n) is 2.47. The average Bonchev–Trinajstić information content (AvgIpc) is 2.23. The summed E-state index contributed by atoms with van der Waals surface area (Å²) in [5.41, 5.74) is 0.335. The molecule has 5 nitrogen and oxygen atoms in total. The van der Waals surface area contributed by atoms with Crippen molar-refractivity contribution in [2.45, 2.75) is 32.9 Å². The van der Waals surface area contributed by atoms with E-state index in [0.717, 1.165) is 6.54 Å². The van der Waals surface area contributed by atoms with Gasteiger partial charge in [-0.15, -0.1) is 0 Å². The van der Waals surface area contributed by atoms with Gasteiger partial charge in [0.1, 0.15) is 5.02 Å². The molecule has 1 aromatic heterocycles. The van der Waals surface area contributed by atoms with Crippen molar-refractivity contribution >= 4 is 17.3 Å². The van der Waals surface area contributed by atoms with Crippen LogP contribution in [-0.4, -0.2) is 41.4 Å². The smallest absolute Gasteiger partial charge is 0.287 e. The number of hydrogen-bond acceptors (Lipinski definition) is 4. The normalized spacial score (nSPS) is 13.1. The monoisotopic (exact) mass is 272 g/mol. The molecular weight excluding hydrogens is 252 g/mol. The van der Waals surface area contributed by atoms with Crippen molar-refractivity contribution in [3.05, 3.63) is 21.6 Å². The summed E-state index contributed by atoms with van der Waals surface area (Å²) in [7, 11) is 3.99. The average molecular weight is 273 g/mol. The summed E-state index contributed by atoms with van der Waals surface area (Å²) in [6.45, 7) is 6.67. The quantitative estimate of drug-likeness (QED) is 0.889. The molecule has 1 unspecified atom stereocenters. The van der Waals surface area contributed by atoms with Crippen LogP contribution >= 0.6 is 11.6 Å². The number of anilines is 1. The van der Waals surface area contributed by atoms with E-state index < -0.39 is 0 Å². The molecule has 0 saturated heterocycles. The third-order valence-corrected chi connectivity index (χ3v) is 2.84. The van der Waals surface area contributed by atoms with Crippen molar-refractivity contribution in [1.82, 2.24) is 14.7 Å². The molecule has 0 amide bonds. The molecule has 1 heterocycles. The van der Waals surface area contributed by atoms with Gasteiger partial charge >= 0.3 is 0 Å². The highest BCUT2D eigenvalue weighted by molar-refractivity contribution is 6.32. The number of halogens is 1. The molecular formula is C12H21ClN4O. The fourth-order valence-corrected chi connectivity index (χ4v) is 1.96. The van der Waals surface area contributed by atoms with Gasteiger partial charge in [0.05, 0.1) is 17.9 Å². The molecule has 6 heteroatoms. The summed E-state index contributed by atoms with van der Waals surface area (Å²) < 4.78 is 1.38. The largest absolute Gasteiger partial charge is 0.379 e.